The Labute approximate surface area is 233 Å². The number of morpholine rings is 1. The summed E-state index contributed by atoms with van der Waals surface area (Å²) in [4.78, 5) is 44.7. The van der Waals surface area contributed by atoms with Crippen LogP contribution in [0.3, 0.4) is 0 Å². The second-order valence-electron chi connectivity index (χ2n) is 10.1. The summed E-state index contributed by atoms with van der Waals surface area (Å²) >= 11 is 0. The molecule has 2 aliphatic heterocycles. The average Bonchev–Trinajstić information content (AvgIpc) is 2.98. The molecule has 2 saturated heterocycles. The molecule has 40 heavy (non-hydrogen) atoms. The number of ether oxygens (including phenoxy) is 1. The molecule has 210 valence electrons. The summed E-state index contributed by atoms with van der Waals surface area (Å²) in [6, 6.07) is 14.3. The van der Waals surface area contributed by atoms with Gasteiger partial charge >= 0.3 is 6.03 Å². The molecule has 12 heteroatoms. The van der Waals surface area contributed by atoms with Crippen LogP contribution in [0.2, 0.25) is 0 Å². The van der Waals surface area contributed by atoms with Crippen LogP contribution in [0.25, 0.3) is 11.4 Å². The fraction of sp³-hybridized carbons (Fsp3) is 0.393. The van der Waals surface area contributed by atoms with Crippen molar-refractivity contribution in [3.63, 3.8) is 0 Å². The molecule has 0 spiro atoms. The van der Waals surface area contributed by atoms with E-state index in [1.54, 1.807) is 36.4 Å². The number of hydrogen-bond donors (Lipinski definition) is 3. The van der Waals surface area contributed by atoms with E-state index in [0.29, 0.717) is 61.1 Å². The smallest absolute Gasteiger partial charge is 0.323 e. The predicted octanol–water partition coefficient (Wildman–Crippen LogP) is 2.77. The molecule has 4 N–H and O–H groups in total. The van der Waals surface area contributed by atoms with E-state index in [2.05, 4.69) is 44.6 Å². The molecular weight excluding hydrogens is 510 g/mol. The number of likely N-dealkylation sites (tertiary alicyclic amines) is 1. The number of nitrogen functional groups attached to an aromatic ring is 1. The lowest BCUT2D eigenvalue weighted by Gasteiger charge is -2.35. The minimum atomic E-state index is -0.392. The van der Waals surface area contributed by atoms with Crippen LogP contribution < -0.4 is 21.3 Å². The molecule has 0 saturated carbocycles. The summed E-state index contributed by atoms with van der Waals surface area (Å²) in [5, 5.41) is 5.62. The predicted molar refractivity (Wildman–Crippen MR) is 154 cm³/mol. The Kier molecular flexibility index (Phi) is 8.37. The van der Waals surface area contributed by atoms with Crippen LogP contribution in [0.4, 0.5) is 28.1 Å². The van der Waals surface area contributed by atoms with E-state index in [-0.39, 0.29) is 11.9 Å². The Hall–Kier alpha value is -4.29. The molecule has 3 aromatic rings. The molecule has 0 radical (unpaired) electrons. The number of nitrogens with one attached hydrogen (secondary N) is 2. The minimum absolute atomic E-state index is 0.0188. The number of anilines is 4. The van der Waals surface area contributed by atoms with Crippen LogP contribution in [0, 0.1) is 0 Å². The lowest BCUT2D eigenvalue weighted by molar-refractivity contribution is 0.0663. The number of piperidine rings is 1. The summed E-state index contributed by atoms with van der Waals surface area (Å²) < 4.78 is 5.39. The second-order valence-corrected chi connectivity index (χ2v) is 10.1. The van der Waals surface area contributed by atoms with Gasteiger partial charge in [-0.2, -0.15) is 15.0 Å². The lowest BCUT2D eigenvalue weighted by atomic mass is 10.0. The van der Waals surface area contributed by atoms with Crippen LogP contribution in [0.15, 0.2) is 48.5 Å². The van der Waals surface area contributed by atoms with Crippen LogP contribution in [-0.2, 0) is 4.74 Å². The molecule has 0 bridgehead atoms. The van der Waals surface area contributed by atoms with Crippen molar-refractivity contribution < 1.29 is 14.3 Å². The van der Waals surface area contributed by atoms with E-state index in [1.807, 2.05) is 21.9 Å². The molecule has 2 aliphatic rings. The molecule has 2 fully saturated rings. The van der Waals surface area contributed by atoms with Gasteiger partial charge in [-0.3, -0.25) is 4.79 Å². The van der Waals surface area contributed by atoms with Gasteiger partial charge in [0.15, 0.2) is 5.82 Å². The molecule has 5 rings (SSSR count). The maximum atomic E-state index is 12.9. The van der Waals surface area contributed by atoms with E-state index in [9.17, 15) is 9.59 Å². The molecule has 3 heterocycles. The van der Waals surface area contributed by atoms with E-state index >= 15 is 0 Å². The number of nitrogens with zero attached hydrogens (tertiary/aromatic N) is 6. The largest absolute Gasteiger partial charge is 0.378 e. The molecule has 0 unspecified atom stereocenters. The number of nitrogens with two attached hydrogens (primary N) is 1. The summed E-state index contributed by atoms with van der Waals surface area (Å²) in [5.41, 5.74) is 8.50. The van der Waals surface area contributed by atoms with Gasteiger partial charge in [-0.05, 0) is 75.5 Å². The number of carbonyl (C=O) groups excluding carboxylic acids is 2. The van der Waals surface area contributed by atoms with Gasteiger partial charge in [-0.25, -0.2) is 4.79 Å². The Morgan fingerprint density at radius 3 is 2.08 bits per heavy atom. The maximum Gasteiger partial charge on any atom is 0.323 e. The second kappa shape index (κ2) is 12.3. The van der Waals surface area contributed by atoms with Gasteiger partial charge in [0, 0.05) is 54.7 Å². The SMILES string of the molecule is CN(C)C1CCN(C(=O)c2ccc(NC(=O)Nc3ccc(-c4nc(N)nc(N5CCOCC5)n4)cc3)cc2)CC1. The highest BCUT2D eigenvalue weighted by Crippen LogP contribution is 2.22. The van der Waals surface area contributed by atoms with Crippen LogP contribution in [-0.4, -0.2) is 96.2 Å². The Morgan fingerprint density at radius 2 is 1.48 bits per heavy atom. The van der Waals surface area contributed by atoms with Crippen molar-refractivity contribution in [2.24, 2.45) is 0 Å². The van der Waals surface area contributed by atoms with Gasteiger partial charge < -0.3 is 35.8 Å². The van der Waals surface area contributed by atoms with Crippen molar-refractivity contribution in [3.8, 4) is 11.4 Å². The quantitative estimate of drug-likeness (QED) is 0.426. The van der Waals surface area contributed by atoms with Crippen molar-refractivity contribution >= 4 is 35.2 Å². The molecule has 1 aromatic heterocycles. The van der Waals surface area contributed by atoms with E-state index < -0.39 is 6.03 Å². The molecule has 2 aromatic carbocycles. The van der Waals surface area contributed by atoms with Gasteiger partial charge in [0.25, 0.3) is 5.91 Å². The highest BCUT2D eigenvalue weighted by atomic mass is 16.5. The van der Waals surface area contributed by atoms with E-state index in [4.69, 9.17) is 10.5 Å². The summed E-state index contributed by atoms with van der Waals surface area (Å²) in [7, 11) is 4.16. The zero-order valence-corrected chi connectivity index (χ0v) is 22.8. The van der Waals surface area contributed by atoms with Crippen molar-refractivity contribution in [1.82, 2.24) is 24.8 Å². The molecule has 12 nitrogen and oxygen atoms in total. The van der Waals surface area contributed by atoms with Crippen molar-refractivity contribution in [2.75, 3.05) is 74.8 Å². The third-order valence-corrected chi connectivity index (χ3v) is 7.21. The monoisotopic (exact) mass is 545 g/mol. The number of urea groups is 1. The first-order chi connectivity index (χ1) is 19.4. The van der Waals surface area contributed by atoms with Gasteiger partial charge in [-0.15, -0.1) is 0 Å². The van der Waals surface area contributed by atoms with Crippen LogP contribution >= 0.6 is 0 Å². The third kappa shape index (κ3) is 6.64. The number of rotatable bonds is 6. The first kappa shape index (κ1) is 27.3. The number of carbonyl (C=O) groups is 2. The van der Waals surface area contributed by atoms with Gasteiger partial charge in [0.1, 0.15) is 0 Å². The summed E-state index contributed by atoms with van der Waals surface area (Å²) in [5.74, 6) is 1.15. The normalized spacial score (nSPS) is 16.2. The molecule has 0 atom stereocenters. The number of amides is 3. The third-order valence-electron chi connectivity index (χ3n) is 7.21. The van der Waals surface area contributed by atoms with Gasteiger partial charge in [-0.1, -0.05) is 0 Å². The number of hydrogen-bond acceptors (Lipinski definition) is 9. The minimum Gasteiger partial charge on any atom is -0.378 e. The van der Waals surface area contributed by atoms with Gasteiger partial charge in [0.05, 0.1) is 13.2 Å². The van der Waals surface area contributed by atoms with Crippen LogP contribution in [0.1, 0.15) is 23.2 Å². The maximum absolute atomic E-state index is 12.9. The van der Waals surface area contributed by atoms with Crippen molar-refractivity contribution in [2.45, 2.75) is 18.9 Å². The highest BCUT2D eigenvalue weighted by Gasteiger charge is 2.24. The Morgan fingerprint density at radius 1 is 0.875 bits per heavy atom. The molecular formula is C28H35N9O3. The van der Waals surface area contributed by atoms with Crippen molar-refractivity contribution in [3.05, 3.63) is 54.1 Å². The number of aromatic nitrogens is 3. The first-order valence-corrected chi connectivity index (χ1v) is 13.4. The highest BCUT2D eigenvalue weighted by molar-refractivity contribution is 6.00. The Balaban J connectivity index is 1.15. The number of benzene rings is 2. The van der Waals surface area contributed by atoms with Crippen molar-refractivity contribution in [1.29, 1.82) is 0 Å². The van der Waals surface area contributed by atoms with Crippen LogP contribution in [0.5, 0.6) is 0 Å². The summed E-state index contributed by atoms with van der Waals surface area (Å²) in [6.45, 7) is 4.10. The topological polar surface area (TPSA) is 142 Å². The fourth-order valence-electron chi connectivity index (χ4n) is 4.87. The van der Waals surface area contributed by atoms with E-state index in [0.717, 1.165) is 31.5 Å². The zero-order chi connectivity index (χ0) is 28.1. The molecule has 3 amide bonds. The first-order valence-electron chi connectivity index (χ1n) is 13.4. The average molecular weight is 546 g/mol. The Bertz CT molecular complexity index is 1320. The molecule has 0 aliphatic carbocycles. The fourth-order valence-corrected chi connectivity index (χ4v) is 4.87. The summed E-state index contributed by atoms with van der Waals surface area (Å²) in [6.07, 6.45) is 1.94. The lowest BCUT2D eigenvalue weighted by Crippen LogP contribution is -2.44. The van der Waals surface area contributed by atoms with E-state index in [1.165, 1.54) is 0 Å². The standard InChI is InChI=1S/C28H35N9O3/c1-35(2)23-11-13-36(14-12-23)25(38)20-5-9-22(10-6-20)31-28(39)30-21-7-3-19(4-8-21)24-32-26(29)34-27(33-24)37-15-17-40-18-16-37/h3-10,23H,11-18H2,1-2H3,(H2,30,31,39)(H2,29,32,33,34). The van der Waals surface area contributed by atoms with Gasteiger partial charge in [0.2, 0.25) is 11.9 Å². The zero-order valence-electron chi connectivity index (χ0n) is 22.8.